The topological polar surface area (TPSA) is 46.6 Å². The van der Waals surface area contributed by atoms with Crippen molar-refractivity contribution in [1.82, 2.24) is 15.4 Å². The Bertz CT molecular complexity index is 836. The van der Waals surface area contributed by atoms with Gasteiger partial charge in [0.2, 0.25) is 5.96 Å². The van der Waals surface area contributed by atoms with E-state index in [1.54, 1.807) is 0 Å². The van der Waals surface area contributed by atoms with Crippen LogP contribution in [0.5, 0.6) is 0 Å². The van der Waals surface area contributed by atoms with Gasteiger partial charge in [0.1, 0.15) is 0 Å². The molecule has 2 saturated heterocycles. The number of guanidine groups is 1. The van der Waals surface area contributed by atoms with Crippen LogP contribution in [0.2, 0.25) is 0 Å². The van der Waals surface area contributed by atoms with E-state index in [2.05, 4.69) is 79.9 Å². The third-order valence-electron chi connectivity index (χ3n) is 5.48. The zero-order chi connectivity index (χ0) is 18.8. The molecule has 0 amide bonds. The van der Waals surface area contributed by atoms with Crippen LogP contribution in [0.15, 0.2) is 59.6 Å². The second-order valence-corrected chi connectivity index (χ2v) is 7.20. The van der Waals surface area contributed by atoms with Crippen LogP contribution in [0.25, 0.3) is 0 Å². The van der Waals surface area contributed by atoms with Crippen LogP contribution in [0, 0.1) is 0 Å². The number of nitrogens with zero attached hydrogens (tertiary/aromatic N) is 5. The minimum Gasteiger partial charge on any atom is -0.379 e. The maximum atomic E-state index is 5.48. The first kappa shape index (κ1) is 17.3. The smallest absolute Gasteiger partial charge is 0.233 e. The van der Waals surface area contributed by atoms with Crippen molar-refractivity contribution in [2.24, 2.45) is 4.99 Å². The highest BCUT2D eigenvalue weighted by Gasteiger charge is 2.31. The second-order valence-electron chi connectivity index (χ2n) is 7.20. The highest BCUT2D eigenvalue weighted by molar-refractivity contribution is 5.90. The number of anilines is 2. The Balaban J connectivity index is 1.43. The predicted octanol–water partition coefficient (Wildman–Crippen LogP) is 2.07. The molecule has 2 aromatic carbocycles. The van der Waals surface area contributed by atoms with Crippen LogP contribution in [-0.2, 0) is 4.74 Å². The summed E-state index contributed by atoms with van der Waals surface area (Å²) in [6.45, 7) is 6.95. The average Bonchev–Trinajstić information content (AvgIpc) is 2.99. The zero-order valence-electron chi connectivity index (χ0n) is 16.0. The van der Waals surface area contributed by atoms with E-state index >= 15 is 0 Å². The standard InChI is InChI=1S/C21H26N6O/c1-2-6-18(7-3-1)24-10-12-26-20-9-5-4-8-19(20)22-21(27(26)13-11-24)23-25-14-16-28-17-15-25/h1-9H,10-17H2,(H,22,23). The molecule has 146 valence electrons. The third kappa shape index (κ3) is 3.39. The Kier molecular flexibility index (Phi) is 4.76. The number of hydrogen-bond donors (Lipinski definition) is 1. The lowest BCUT2D eigenvalue weighted by Gasteiger charge is -2.42. The van der Waals surface area contributed by atoms with Crippen LogP contribution in [0.4, 0.5) is 17.1 Å². The Hall–Kier alpha value is -2.77. The maximum Gasteiger partial charge on any atom is 0.233 e. The second kappa shape index (κ2) is 7.69. The highest BCUT2D eigenvalue weighted by Crippen LogP contribution is 2.34. The van der Waals surface area contributed by atoms with Crippen molar-refractivity contribution in [3.05, 3.63) is 54.6 Å². The molecule has 0 saturated carbocycles. The minimum absolute atomic E-state index is 0.752. The molecule has 0 atom stereocenters. The Morgan fingerprint density at radius 2 is 1.46 bits per heavy atom. The number of hydrazine groups is 2. The lowest BCUT2D eigenvalue weighted by atomic mass is 10.2. The molecule has 3 heterocycles. The molecule has 7 nitrogen and oxygen atoms in total. The van der Waals surface area contributed by atoms with Crippen molar-refractivity contribution in [3.8, 4) is 0 Å². The summed E-state index contributed by atoms with van der Waals surface area (Å²) in [5.74, 6) is 0.899. The van der Waals surface area contributed by atoms with Gasteiger partial charge >= 0.3 is 0 Å². The van der Waals surface area contributed by atoms with E-state index in [1.165, 1.54) is 11.4 Å². The molecule has 0 bridgehead atoms. The lowest BCUT2D eigenvalue weighted by molar-refractivity contribution is 0.0224. The number of para-hydroxylation sites is 3. The van der Waals surface area contributed by atoms with Gasteiger partial charge in [0.25, 0.3) is 0 Å². The van der Waals surface area contributed by atoms with E-state index in [0.717, 1.165) is 64.1 Å². The molecule has 3 aliphatic rings. The quantitative estimate of drug-likeness (QED) is 0.863. The van der Waals surface area contributed by atoms with Crippen LogP contribution < -0.4 is 15.3 Å². The number of morpholine rings is 1. The molecule has 28 heavy (non-hydrogen) atoms. The van der Waals surface area contributed by atoms with Crippen molar-refractivity contribution in [2.75, 3.05) is 62.4 Å². The third-order valence-corrected chi connectivity index (χ3v) is 5.48. The number of hydrogen-bond acceptors (Lipinski definition) is 7. The number of fused-ring (bicyclic) bond motifs is 3. The summed E-state index contributed by atoms with van der Waals surface area (Å²) in [4.78, 5) is 7.40. The average molecular weight is 378 g/mol. The van der Waals surface area contributed by atoms with Crippen molar-refractivity contribution < 1.29 is 4.74 Å². The molecular formula is C21H26N6O. The van der Waals surface area contributed by atoms with Gasteiger partial charge in [-0.3, -0.25) is 15.4 Å². The number of benzene rings is 2. The first-order chi connectivity index (χ1) is 13.9. The molecule has 0 aliphatic carbocycles. The Labute approximate surface area is 165 Å². The number of ether oxygens (including phenoxy) is 1. The zero-order valence-corrected chi connectivity index (χ0v) is 16.0. The first-order valence-electron chi connectivity index (χ1n) is 10.0. The van der Waals surface area contributed by atoms with Crippen molar-refractivity contribution in [1.29, 1.82) is 0 Å². The monoisotopic (exact) mass is 378 g/mol. The van der Waals surface area contributed by atoms with Gasteiger partial charge in [-0.15, -0.1) is 0 Å². The molecule has 0 spiro atoms. The molecule has 5 rings (SSSR count). The van der Waals surface area contributed by atoms with Gasteiger partial charge in [-0.25, -0.2) is 10.0 Å². The summed E-state index contributed by atoms with van der Waals surface area (Å²) in [7, 11) is 0. The molecule has 2 aromatic rings. The Morgan fingerprint density at radius 1 is 0.750 bits per heavy atom. The normalized spacial score (nSPS) is 20.1. The van der Waals surface area contributed by atoms with Gasteiger partial charge in [-0.05, 0) is 24.3 Å². The fourth-order valence-electron chi connectivity index (χ4n) is 4.00. The molecule has 0 unspecified atom stereocenters. The highest BCUT2D eigenvalue weighted by atomic mass is 16.5. The molecule has 2 fully saturated rings. The summed E-state index contributed by atoms with van der Waals surface area (Å²) < 4.78 is 5.48. The van der Waals surface area contributed by atoms with Gasteiger partial charge in [0.05, 0.1) is 37.7 Å². The first-order valence-corrected chi connectivity index (χ1v) is 10.0. The molecule has 3 aliphatic heterocycles. The molecule has 7 heteroatoms. The summed E-state index contributed by atoms with van der Waals surface area (Å²) in [5.41, 5.74) is 7.01. The lowest BCUT2D eigenvalue weighted by Crippen LogP contribution is -2.59. The Morgan fingerprint density at radius 3 is 2.29 bits per heavy atom. The van der Waals surface area contributed by atoms with Crippen LogP contribution in [-0.4, -0.2) is 68.5 Å². The summed E-state index contributed by atoms with van der Waals surface area (Å²) in [5, 5.41) is 6.86. The number of nitrogens with one attached hydrogen (secondary N) is 1. The molecule has 0 radical (unpaired) electrons. The fourth-order valence-corrected chi connectivity index (χ4v) is 4.00. The molecular weight excluding hydrogens is 352 g/mol. The number of rotatable bonds is 2. The van der Waals surface area contributed by atoms with E-state index in [-0.39, 0.29) is 0 Å². The van der Waals surface area contributed by atoms with Crippen LogP contribution in [0.3, 0.4) is 0 Å². The SMILES string of the molecule is c1ccc(N2CCN3C(NN4CCOCC4)=Nc4ccccc4N3CC2)cc1. The largest absolute Gasteiger partial charge is 0.379 e. The van der Waals surface area contributed by atoms with Gasteiger partial charge < -0.3 is 9.64 Å². The van der Waals surface area contributed by atoms with Gasteiger partial charge in [-0.1, -0.05) is 30.3 Å². The van der Waals surface area contributed by atoms with Gasteiger partial charge in [0, 0.05) is 31.9 Å². The van der Waals surface area contributed by atoms with E-state index in [4.69, 9.17) is 9.73 Å². The molecule has 1 N–H and O–H groups in total. The van der Waals surface area contributed by atoms with Crippen molar-refractivity contribution in [2.45, 2.75) is 0 Å². The van der Waals surface area contributed by atoms with E-state index in [9.17, 15) is 0 Å². The van der Waals surface area contributed by atoms with Crippen LogP contribution in [0.1, 0.15) is 0 Å². The minimum atomic E-state index is 0.752. The predicted molar refractivity (Wildman–Crippen MR) is 112 cm³/mol. The fraction of sp³-hybridized carbons (Fsp3) is 0.381. The number of aliphatic imine (C=N–C) groups is 1. The van der Waals surface area contributed by atoms with E-state index in [0.29, 0.717) is 0 Å². The van der Waals surface area contributed by atoms with Crippen molar-refractivity contribution in [3.63, 3.8) is 0 Å². The molecule has 0 aromatic heterocycles. The van der Waals surface area contributed by atoms with E-state index in [1.807, 2.05) is 0 Å². The van der Waals surface area contributed by atoms with Crippen molar-refractivity contribution >= 4 is 23.0 Å². The van der Waals surface area contributed by atoms with Crippen LogP contribution >= 0.6 is 0 Å². The summed E-state index contributed by atoms with van der Waals surface area (Å²) in [6, 6.07) is 19.1. The summed E-state index contributed by atoms with van der Waals surface area (Å²) in [6.07, 6.45) is 0. The summed E-state index contributed by atoms with van der Waals surface area (Å²) >= 11 is 0. The van der Waals surface area contributed by atoms with E-state index < -0.39 is 0 Å². The maximum absolute atomic E-state index is 5.48. The van der Waals surface area contributed by atoms with Gasteiger partial charge in [-0.2, -0.15) is 0 Å². The van der Waals surface area contributed by atoms with Gasteiger partial charge in [0.15, 0.2) is 0 Å².